The first kappa shape index (κ1) is 12.1. The van der Waals surface area contributed by atoms with Crippen LogP contribution in [0.15, 0.2) is 0 Å². The van der Waals surface area contributed by atoms with E-state index in [1.165, 1.54) is 0 Å². The molecule has 0 aliphatic carbocycles. The molecule has 0 aromatic carbocycles. The Kier molecular flexibility index (Phi) is 3.32. The van der Waals surface area contributed by atoms with E-state index in [2.05, 4.69) is 41.5 Å². The van der Waals surface area contributed by atoms with E-state index in [0.29, 0.717) is 5.92 Å². The van der Waals surface area contributed by atoms with Crippen molar-refractivity contribution in [1.29, 1.82) is 0 Å². The van der Waals surface area contributed by atoms with E-state index in [9.17, 15) is 0 Å². The summed E-state index contributed by atoms with van der Waals surface area (Å²) in [6.07, 6.45) is 1.98. The van der Waals surface area contributed by atoms with Crippen molar-refractivity contribution in [3.63, 3.8) is 0 Å². The summed E-state index contributed by atoms with van der Waals surface area (Å²) in [7, 11) is -0.0186. The molecule has 1 heterocycles. The molecule has 2 nitrogen and oxygen atoms in total. The minimum Gasteiger partial charge on any atom is -0.403 e. The molecule has 82 valence electrons. The van der Waals surface area contributed by atoms with Crippen LogP contribution >= 0.6 is 0 Å². The number of hydrogen-bond donors (Lipinski definition) is 0. The monoisotopic (exact) mass is 198 g/mol. The molecule has 3 heteroatoms. The lowest BCUT2D eigenvalue weighted by molar-refractivity contribution is -0.0118. The van der Waals surface area contributed by atoms with Crippen molar-refractivity contribution in [2.24, 2.45) is 5.92 Å². The highest BCUT2D eigenvalue weighted by Gasteiger charge is 2.52. The summed E-state index contributed by atoms with van der Waals surface area (Å²) in [4.78, 5) is 0. The molecule has 0 saturated carbocycles. The van der Waals surface area contributed by atoms with E-state index >= 15 is 0 Å². The molecular weight excluding hydrogens is 175 g/mol. The predicted octanol–water partition coefficient (Wildman–Crippen LogP) is 3.12. The molecule has 1 fully saturated rings. The van der Waals surface area contributed by atoms with Gasteiger partial charge in [0.1, 0.15) is 0 Å². The van der Waals surface area contributed by atoms with Gasteiger partial charge in [-0.2, -0.15) is 0 Å². The summed E-state index contributed by atoms with van der Waals surface area (Å²) in [5.41, 5.74) is -0.298. The third kappa shape index (κ3) is 2.14. The molecule has 0 spiro atoms. The van der Waals surface area contributed by atoms with Gasteiger partial charge >= 0.3 is 7.12 Å². The molecule has 0 N–H and O–H groups in total. The van der Waals surface area contributed by atoms with Crippen LogP contribution in [0.3, 0.4) is 0 Å². The van der Waals surface area contributed by atoms with Crippen molar-refractivity contribution in [3.05, 3.63) is 0 Å². The lowest BCUT2D eigenvalue weighted by Crippen LogP contribution is -2.44. The lowest BCUT2D eigenvalue weighted by Gasteiger charge is -2.35. The van der Waals surface area contributed by atoms with E-state index in [1.807, 2.05) is 0 Å². The lowest BCUT2D eigenvalue weighted by atomic mass is 9.79. The quantitative estimate of drug-likeness (QED) is 0.648. The molecule has 1 rings (SSSR count). The van der Waals surface area contributed by atoms with Crippen LogP contribution in [0, 0.1) is 5.92 Å². The summed E-state index contributed by atoms with van der Waals surface area (Å²) in [5.74, 6) is 0.620. The zero-order valence-corrected chi connectivity index (χ0v) is 10.4. The molecular formula is C11H23BO2. The maximum absolute atomic E-state index is 6.00. The second-order valence-electron chi connectivity index (χ2n) is 5.39. The Morgan fingerprint density at radius 1 is 1.14 bits per heavy atom. The van der Waals surface area contributed by atoms with Gasteiger partial charge in [0.25, 0.3) is 0 Å². The van der Waals surface area contributed by atoms with Gasteiger partial charge in [-0.05, 0) is 39.4 Å². The van der Waals surface area contributed by atoms with Crippen LogP contribution in [0.2, 0.25) is 6.32 Å². The van der Waals surface area contributed by atoms with Gasteiger partial charge in [0, 0.05) is 0 Å². The molecule has 1 saturated heterocycles. The summed E-state index contributed by atoms with van der Waals surface area (Å²) >= 11 is 0. The average molecular weight is 198 g/mol. The topological polar surface area (TPSA) is 18.5 Å². The van der Waals surface area contributed by atoms with Crippen LogP contribution in [-0.4, -0.2) is 18.3 Å². The van der Waals surface area contributed by atoms with Crippen LogP contribution < -0.4 is 0 Å². The Morgan fingerprint density at radius 2 is 1.71 bits per heavy atom. The van der Waals surface area contributed by atoms with Gasteiger partial charge in [0.05, 0.1) is 11.2 Å². The summed E-state index contributed by atoms with van der Waals surface area (Å²) in [6.45, 7) is 12.9. The van der Waals surface area contributed by atoms with Crippen molar-refractivity contribution < 1.29 is 9.31 Å². The Bertz CT molecular complexity index is 203. The van der Waals surface area contributed by atoms with Crippen molar-refractivity contribution in [3.8, 4) is 0 Å². The predicted molar refractivity (Wildman–Crippen MR) is 60.3 cm³/mol. The minimum atomic E-state index is -0.165. The molecule has 1 aliphatic heterocycles. The molecule has 0 radical (unpaired) electrons. The zero-order valence-electron chi connectivity index (χ0n) is 10.4. The van der Waals surface area contributed by atoms with Crippen LogP contribution in [0.1, 0.15) is 48.0 Å². The van der Waals surface area contributed by atoms with E-state index in [1.54, 1.807) is 0 Å². The van der Waals surface area contributed by atoms with E-state index in [0.717, 1.165) is 12.7 Å². The molecule has 0 aromatic heterocycles. The van der Waals surface area contributed by atoms with E-state index in [-0.39, 0.29) is 18.3 Å². The molecule has 1 atom stereocenters. The van der Waals surface area contributed by atoms with Crippen LogP contribution in [0.4, 0.5) is 0 Å². The molecule has 1 aliphatic rings. The Hall–Kier alpha value is -0.0151. The van der Waals surface area contributed by atoms with E-state index in [4.69, 9.17) is 9.31 Å². The minimum absolute atomic E-state index is 0.0186. The van der Waals surface area contributed by atoms with Crippen LogP contribution in [-0.2, 0) is 9.31 Å². The normalized spacial score (nSPS) is 31.5. The first-order chi connectivity index (χ1) is 6.31. The Balaban J connectivity index is 2.67. The smallest absolute Gasteiger partial charge is 0.403 e. The van der Waals surface area contributed by atoms with Gasteiger partial charge in [-0.15, -0.1) is 0 Å². The second kappa shape index (κ2) is 3.86. The van der Waals surface area contributed by atoms with Crippen LogP contribution in [0.5, 0.6) is 0 Å². The van der Waals surface area contributed by atoms with Crippen molar-refractivity contribution >= 4 is 7.12 Å². The highest BCUT2D eigenvalue weighted by atomic mass is 16.7. The van der Waals surface area contributed by atoms with Gasteiger partial charge in [-0.1, -0.05) is 20.8 Å². The standard InChI is InChI=1S/C11H23BO2/c1-7-11(6)10(4,5)13-12(14-11)8-9(2)3/h9H,7-8H2,1-6H3. The Labute approximate surface area is 88.5 Å². The average Bonchev–Trinajstić information content (AvgIpc) is 2.21. The summed E-state index contributed by atoms with van der Waals surface area (Å²) in [6, 6.07) is 0. The van der Waals surface area contributed by atoms with Gasteiger partial charge in [-0.3, -0.25) is 0 Å². The Morgan fingerprint density at radius 3 is 2.07 bits per heavy atom. The molecule has 0 amide bonds. The fourth-order valence-corrected chi connectivity index (χ4v) is 1.90. The first-order valence-electron chi connectivity index (χ1n) is 5.66. The second-order valence-corrected chi connectivity index (χ2v) is 5.39. The van der Waals surface area contributed by atoms with E-state index < -0.39 is 0 Å². The molecule has 0 aromatic rings. The first-order valence-corrected chi connectivity index (χ1v) is 5.66. The fraction of sp³-hybridized carbons (Fsp3) is 1.00. The number of hydrogen-bond acceptors (Lipinski definition) is 2. The third-order valence-electron chi connectivity index (χ3n) is 3.43. The van der Waals surface area contributed by atoms with Gasteiger partial charge < -0.3 is 9.31 Å². The summed E-state index contributed by atoms with van der Waals surface area (Å²) < 4.78 is 11.9. The largest absolute Gasteiger partial charge is 0.458 e. The highest BCUT2D eigenvalue weighted by Crippen LogP contribution is 2.40. The van der Waals surface area contributed by atoms with Crippen molar-refractivity contribution in [1.82, 2.24) is 0 Å². The number of rotatable bonds is 3. The van der Waals surface area contributed by atoms with Gasteiger partial charge in [0.2, 0.25) is 0 Å². The zero-order chi connectivity index (χ0) is 11.0. The third-order valence-corrected chi connectivity index (χ3v) is 3.43. The SMILES string of the molecule is CCC1(C)OB(CC(C)C)OC1(C)C. The van der Waals surface area contributed by atoms with Gasteiger partial charge in [-0.25, -0.2) is 0 Å². The maximum Gasteiger partial charge on any atom is 0.458 e. The fourth-order valence-electron chi connectivity index (χ4n) is 1.90. The molecule has 0 bridgehead atoms. The van der Waals surface area contributed by atoms with Crippen molar-refractivity contribution in [2.45, 2.75) is 65.5 Å². The maximum atomic E-state index is 6.00. The van der Waals surface area contributed by atoms with Crippen LogP contribution in [0.25, 0.3) is 0 Å². The molecule has 1 unspecified atom stereocenters. The van der Waals surface area contributed by atoms with Crippen molar-refractivity contribution in [2.75, 3.05) is 0 Å². The molecule has 14 heavy (non-hydrogen) atoms. The summed E-state index contributed by atoms with van der Waals surface area (Å²) in [5, 5.41) is 0. The highest BCUT2D eigenvalue weighted by molar-refractivity contribution is 6.45. The van der Waals surface area contributed by atoms with Gasteiger partial charge in [0.15, 0.2) is 0 Å².